The fraction of sp³-hybridized carbons (Fsp3) is 0.360. The van der Waals surface area contributed by atoms with E-state index in [1.807, 2.05) is 31.2 Å². The van der Waals surface area contributed by atoms with Crippen LogP contribution >= 0.6 is 0 Å². The molecule has 3 N–H and O–H groups in total. The molecule has 2 aliphatic rings. The van der Waals surface area contributed by atoms with Crippen molar-refractivity contribution in [2.24, 2.45) is 4.99 Å². The number of amides is 3. The Morgan fingerprint density at radius 2 is 1.70 bits per heavy atom. The molecule has 1 unspecified atom stereocenters. The summed E-state index contributed by atoms with van der Waals surface area (Å²) in [6.07, 6.45) is 1.90. The summed E-state index contributed by atoms with van der Waals surface area (Å²) < 4.78 is 0. The molecule has 0 aromatic heterocycles. The van der Waals surface area contributed by atoms with Crippen molar-refractivity contribution in [2.45, 2.75) is 32.1 Å². The Hall–Kier alpha value is -3.68. The predicted molar refractivity (Wildman–Crippen MR) is 127 cm³/mol. The number of para-hydroxylation sites is 1. The van der Waals surface area contributed by atoms with E-state index < -0.39 is 0 Å². The highest BCUT2D eigenvalue weighted by Gasteiger charge is 2.34. The molecule has 3 amide bonds. The van der Waals surface area contributed by atoms with E-state index in [1.165, 1.54) is 4.90 Å². The predicted octanol–water partition coefficient (Wildman–Crippen LogP) is 2.74. The average Bonchev–Trinajstić information content (AvgIpc) is 3.07. The van der Waals surface area contributed by atoms with Gasteiger partial charge in [0.15, 0.2) is 5.96 Å². The Bertz CT molecular complexity index is 1050. The maximum absolute atomic E-state index is 12.4. The fourth-order valence-electron chi connectivity index (χ4n) is 4.25. The minimum Gasteiger partial charge on any atom is -0.357 e. The van der Waals surface area contributed by atoms with Crippen molar-refractivity contribution in [3.63, 3.8) is 0 Å². The van der Waals surface area contributed by atoms with Crippen molar-refractivity contribution >= 4 is 29.4 Å². The molecule has 0 fully saturated rings. The average molecular weight is 448 g/mol. The van der Waals surface area contributed by atoms with Gasteiger partial charge < -0.3 is 16.0 Å². The number of hydrogen-bond donors (Lipinski definition) is 3. The summed E-state index contributed by atoms with van der Waals surface area (Å²) >= 11 is 0. The van der Waals surface area contributed by atoms with Gasteiger partial charge in [-0.05, 0) is 43.5 Å². The summed E-state index contributed by atoms with van der Waals surface area (Å²) in [5.74, 6) is 0.325. The number of nitrogens with one attached hydrogen (secondary N) is 3. The van der Waals surface area contributed by atoms with Crippen molar-refractivity contribution in [2.75, 3.05) is 31.5 Å². The van der Waals surface area contributed by atoms with Gasteiger partial charge in [-0.2, -0.15) is 0 Å². The van der Waals surface area contributed by atoms with Gasteiger partial charge in [-0.1, -0.05) is 30.3 Å². The van der Waals surface area contributed by atoms with Gasteiger partial charge in [0.05, 0.1) is 17.7 Å². The zero-order valence-electron chi connectivity index (χ0n) is 18.8. The molecular weight excluding hydrogens is 418 g/mol. The summed E-state index contributed by atoms with van der Waals surface area (Å²) in [6.45, 7) is 4.30. The normalized spacial score (nSPS) is 17.5. The Morgan fingerprint density at radius 3 is 2.42 bits per heavy atom. The summed E-state index contributed by atoms with van der Waals surface area (Å²) in [4.78, 5) is 42.9. The van der Waals surface area contributed by atoms with Crippen LogP contribution in [0.5, 0.6) is 0 Å². The molecule has 33 heavy (non-hydrogen) atoms. The van der Waals surface area contributed by atoms with Crippen LogP contribution in [0, 0.1) is 0 Å². The second-order valence-electron chi connectivity index (χ2n) is 8.20. The summed E-state index contributed by atoms with van der Waals surface area (Å²) in [5.41, 5.74) is 2.94. The van der Waals surface area contributed by atoms with Crippen LogP contribution in [0.2, 0.25) is 0 Å². The number of hydrogen-bond acceptors (Lipinski definition) is 4. The second-order valence-corrected chi connectivity index (χ2v) is 8.20. The molecule has 2 heterocycles. The molecule has 2 aliphatic heterocycles. The molecule has 0 radical (unpaired) electrons. The van der Waals surface area contributed by atoms with E-state index in [4.69, 9.17) is 4.99 Å². The molecule has 0 spiro atoms. The maximum atomic E-state index is 12.4. The Morgan fingerprint density at radius 1 is 1.00 bits per heavy atom. The Labute approximate surface area is 193 Å². The minimum absolute atomic E-state index is 0.0139. The van der Waals surface area contributed by atoms with E-state index in [9.17, 15) is 14.4 Å². The van der Waals surface area contributed by atoms with Crippen LogP contribution in [0.3, 0.4) is 0 Å². The number of carbonyl (C=O) groups excluding carboxylic acids is 3. The first-order valence-electron chi connectivity index (χ1n) is 11.4. The number of imide groups is 1. The molecule has 8 nitrogen and oxygen atoms in total. The molecule has 172 valence electrons. The van der Waals surface area contributed by atoms with E-state index in [0.29, 0.717) is 49.6 Å². The number of unbranched alkanes of at least 4 members (excludes halogenated alkanes) is 1. The third-order valence-electron chi connectivity index (χ3n) is 5.90. The van der Waals surface area contributed by atoms with E-state index in [1.54, 1.807) is 24.3 Å². The summed E-state index contributed by atoms with van der Waals surface area (Å²) in [7, 11) is 0. The van der Waals surface area contributed by atoms with Crippen molar-refractivity contribution in [1.29, 1.82) is 0 Å². The van der Waals surface area contributed by atoms with Crippen LogP contribution in [-0.2, 0) is 4.79 Å². The van der Waals surface area contributed by atoms with E-state index in [0.717, 1.165) is 24.2 Å². The highest BCUT2D eigenvalue weighted by molar-refractivity contribution is 6.21. The number of aliphatic imine (C=N–C) groups is 1. The van der Waals surface area contributed by atoms with Crippen LogP contribution in [0.1, 0.15) is 58.4 Å². The fourth-order valence-corrected chi connectivity index (χ4v) is 4.25. The molecule has 4 rings (SSSR count). The Balaban J connectivity index is 1.27. The first-order valence-corrected chi connectivity index (χ1v) is 11.4. The molecule has 8 heteroatoms. The van der Waals surface area contributed by atoms with Gasteiger partial charge in [0.25, 0.3) is 11.8 Å². The summed E-state index contributed by atoms with van der Waals surface area (Å²) in [5, 5.41) is 9.46. The van der Waals surface area contributed by atoms with Crippen LogP contribution in [0.25, 0.3) is 0 Å². The number of anilines is 1. The lowest BCUT2D eigenvalue weighted by atomic mass is 9.91. The smallest absolute Gasteiger partial charge is 0.261 e. The molecular formula is C25H29N5O3. The van der Waals surface area contributed by atoms with Crippen LogP contribution < -0.4 is 16.0 Å². The van der Waals surface area contributed by atoms with Crippen molar-refractivity contribution < 1.29 is 14.4 Å². The SMILES string of the molecule is CCNC(=NCC1CC(=O)Nc2ccccc21)NCCCCN1C(=O)c2ccccc2C1=O. The van der Waals surface area contributed by atoms with Gasteiger partial charge in [0.2, 0.25) is 5.91 Å². The van der Waals surface area contributed by atoms with Gasteiger partial charge in [-0.3, -0.25) is 24.3 Å². The second kappa shape index (κ2) is 10.3. The van der Waals surface area contributed by atoms with E-state index >= 15 is 0 Å². The van der Waals surface area contributed by atoms with Gasteiger partial charge in [-0.15, -0.1) is 0 Å². The molecule has 0 aliphatic carbocycles. The zero-order valence-corrected chi connectivity index (χ0v) is 18.8. The molecule has 0 saturated carbocycles. The number of fused-ring (bicyclic) bond motifs is 2. The third-order valence-corrected chi connectivity index (χ3v) is 5.90. The maximum Gasteiger partial charge on any atom is 0.261 e. The lowest BCUT2D eigenvalue weighted by Gasteiger charge is -2.24. The van der Waals surface area contributed by atoms with Crippen molar-refractivity contribution in [3.05, 3.63) is 65.2 Å². The summed E-state index contributed by atoms with van der Waals surface area (Å²) in [6, 6.07) is 14.8. The van der Waals surface area contributed by atoms with Crippen LogP contribution in [0.4, 0.5) is 5.69 Å². The highest BCUT2D eigenvalue weighted by Crippen LogP contribution is 2.32. The van der Waals surface area contributed by atoms with Crippen molar-refractivity contribution in [1.82, 2.24) is 15.5 Å². The first kappa shape index (κ1) is 22.5. The number of guanidine groups is 1. The van der Waals surface area contributed by atoms with Crippen LogP contribution in [0.15, 0.2) is 53.5 Å². The highest BCUT2D eigenvalue weighted by atomic mass is 16.2. The number of rotatable bonds is 8. The molecule has 2 aromatic carbocycles. The number of benzene rings is 2. The van der Waals surface area contributed by atoms with E-state index in [-0.39, 0.29) is 23.6 Å². The largest absolute Gasteiger partial charge is 0.357 e. The lowest BCUT2D eigenvalue weighted by molar-refractivity contribution is -0.116. The molecule has 0 bridgehead atoms. The first-order chi connectivity index (χ1) is 16.1. The topological polar surface area (TPSA) is 103 Å². The van der Waals surface area contributed by atoms with E-state index in [2.05, 4.69) is 16.0 Å². The van der Waals surface area contributed by atoms with Gasteiger partial charge in [-0.25, -0.2) is 0 Å². The molecule has 1 atom stereocenters. The van der Waals surface area contributed by atoms with Gasteiger partial charge in [0.1, 0.15) is 0 Å². The standard InChI is InChI=1S/C25H29N5O3/c1-2-26-25(28-16-17-15-22(31)29-21-12-6-5-9-18(17)21)27-13-7-8-14-30-23(32)19-10-3-4-11-20(19)24(30)33/h3-6,9-12,17H,2,7-8,13-16H2,1H3,(H,29,31)(H2,26,27,28). The van der Waals surface area contributed by atoms with Gasteiger partial charge >= 0.3 is 0 Å². The molecule has 2 aromatic rings. The third kappa shape index (κ3) is 5.05. The molecule has 0 saturated heterocycles. The Kier molecular flexibility index (Phi) is 7.02. The number of carbonyl (C=O) groups is 3. The monoisotopic (exact) mass is 447 g/mol. The number of nitrogens with zero attached hydrogens (tertiary/aromatic N) is 2. The van der Waals surface area contributed by atoms with Crippen molar-refractivity contribution in [3.8, 4) is 0 Å². The lowest BCUT2D eigenvalue weighted by Crippen LogP contribution is -2.38. The zero-order chi connectivity index (χ0) is 23.2. The minimum atomic E-state index is -0.213. The van der Waals surface area contributed by atoms with Crippen LogP contribution in [-0.4, -0.2) is 54.8 Å². The van der Waals surface area contributed by atoms with Gasteiger partial charge in [0, 0.05) is 37.7 Å². The quantitative estimate of drug-likeness (QED) is 0.250.